The summed E-state index contributed by atoms with van der Waals surface area (Å²) in [7, 11) is 0. The number of carboxylic acid groups (broad SMARTS) is 1. The van der Waals surface area contributed by atoms with Gasteiger partial charge in [0.05, 0.1) is 5.92 Å². The number of carbonyl (C=O) groups is 1. The van der Waals surface area contributed by atoms with Crippen LogP contribution in [0.2, 0.25) is 0 Å². The largest absolute Gasteiger partial charge is 0.481 e. The molecule has 2 rings (SSSR count). The summed E-state index contributed by atoms with van der Waals surface area (Å²) in [5, 5.41) is 8.87. The summed E-state index contributed by atoms with van der Waals surface area (Å²) in [6.45, 7) is 0. The Morgan fingerprint density at radius 2 is 2.36 bits per heavy atom. The fourth-order valence-electron chi connectivity index (χ4n) is 2.31. The highest BCUT2D eigenvalue weighted by atomic mass is 19.1. The van der Waals surface area contributed by atoms with E-state index in [2.05, 4.69) is 0 Å². The third kappa shape index (κ3) is 1.72. The number of rotatable bonds is 1. The maximum Gasteiger partial charge on any atom is 0.306 e. The van der Waals surface area contributed by atoms with E-state index < -0.39 is 5.97 Å². The highest BCUT2D eigenvalue weighted by molar-refractivity contribution is 5.70. The molecular weight excluding hydrogens is 183 g/mol. The van der Waals surface area contributed by atoms with E-state index in [0.29, 0.717) is 19.3 Å². The second-order valence-electron chi connectivity index (χ2n) is 4.05. The van der Waals surface area contributed by atoms with Crippen LogP contribution in [0, 0.1) is 11.8 Å². The lowest BCUT2D eigenvalue weighted by atomic mass is 9.74. The predicted molar refractivity (Wildman–Crippen MR) is 50.4 cm³/mol. The summed E-state index contributed by atoms with van der Waals surface area (Å²) in [5.74, 6) is -0.833. The zero-order valence-electron chi connectivity index (χ0n) is 7.87. The lowest BCUT2D eigenvalue weighted by Gasteiger charge is -2.30. The Kier molecular flexibility index (Phi) is 2.40. The molecular formula is C11H13FO2. The van der Waals surface area contributed by atoms with Gasteiger partial charge < -0.3 is 5.11 Å². The van der Waals surface area contributed by atoms with Crippen LogP contribution >= 0.6 is 0 Å². The summed E-state index contributed by atoms with van der Waals surface area (Å²) in [4.78, 5) is 10.8. The lowest BCUT2D eigenvalue weighted by Crippen LogP contribution is -2.25. The molecule has 1 fully saturated rings. The third-order valence-electron chi connectivity index (χ3n) is 3.14. The van der Waals surface area contributed by atoms with Gasteiger partial charge in [0.2, 0.25) is 0 Å². The smallest absolute Gasteiger partial charge is 0.306 e. The molecule has 0 radical (unpaired) electrons. The van der Waals surface area contributed by atoms with Crippen LogP contribution in [0.15, 0.2) is 23.6 Å². The van der Waals surface area contributed by atoms with E-state index in [0.717, 1.165) is 12.0 Å². The van der Waals surface area contributed by atoms with Crippen molar-refractivity contribution in [1.29, 1.82) is 0 Å². The van der Waals surface area contributed by atoms with Crippen molar-refractivity contribution in [2.45, 2.75) is 25.7 Å². The number of carboxylic acids is 1. The van der Waals surface area contributed by atoms with Crippen molar-refractivity contribution < 1.29 is 14.3 Å². The summed E-state index contributed by atoms with van der Waals surface area (Å²) in [6.07, 6.45) is 5.87. The van der Waals surface area contributed by atoms with Crippen LogP contribution in [0.4, 0.5) is 4.39 Å². The first-order valence-electron chi connectivity index (χ1n) is 4.95. The van der Waals surface area contributed by atoms with Crippen molar-refractivity contribution in [3.8, 4) is 0 Å². The topological polar surface area (TPSA) is 37.3 Å². The molecule has 14 heavy (non-hydrogen) atoms. The molecule has 1 saturated carbocycles. The number of hydrogen-bond donors (Lipinski definition) is 1. The monoisotopic (exact) mass is 196 g/mol. The first kappa shape index (κ1) is 9.44. The van der Waals surface area contributed by atoms with Gasteiger partial charge in [-0.05, 0) is 43.8 Å². The molecule has 0 saturated heterocycles. The maximum atomic E-state index is 12.9. The van der Waals surface area contributed by atoms with Crippen molar-refractivity contribution in [1.82, 2.24) is 0 Å². The lowest BCUT2D eigenvalue weighted by molar-refractivity contribution is -0.142. The molecule has 3 heteroatoms. The van der Waals surface area contributed by atoms with Gasteiger partial charge in [-0.25, -0.2) is 4.39 Å². The van der Waals surface area contributed by atoms with Crippen LogP contribution in [-0.4, -0.2) is 11.1 Å². The molecule has 2 aliphatic carbocycles. The van der Waals surface area contributed by atoms with Crippen LogP contribution in [0.1, 0.15) is 25.7 Å². The highest BCUT2D eigenvalue weighted by Gasteiger charge is 2.30. The third-order valence-corrected chi connectivity index (χ3v) is 3.14. The molecule has 0 aromatic heterocycles. The van der Waals surface area contributed by atoms with Crippen molar-refractivity contribution in [3.05, 3.63) is 23.6 Å². The number of allylic oxidation sites excluding steroid dienone is 4. The Labute approximate surface area is 82.1 Å². The molecule has 0 spiro atoms. The van der Waals surface area contributed by atoms with Gasteiger partial charge in [-0.1, -0.05) is 5.57 Å². The molecule has 0 heterocycles. The molecule has 1 N–H and O–H groups in total. The summed E-state index contributed by atoms with van der Waals surface area (Å²) < 4.78 is 12.9. The van der Waals surface area contributed by atoms with Crippen LogP contribution in [0.5, 0.6) is 0 Å². The Hall–Kier alpha value is -1.12. The van der Waals surface area contributed by atoms with Crippen LogP contribution in [-0.2, 0) is 4.79 Å². The molecule has 0 bridgehead atoms. The fourth-order valence-corrected chi connectivity index (χ4v) is 2.31. The van der Waals surface area contributed by atoms with Crippen molar-refractivity contribution >= 4 is 5.97 Å². The SMILES string of the molecule is O=C(O)C1CCC2=CC(F)=CCC2C1. The fraction of sp³-hybridized carbons (Fsp3) is 0.545. The van der Waals surface area contributed by atoms with Gasteiger partial charge in [-0.3, -0.25) is 4.79 Å². The van der Waals surface area contributed by atoms with Crippen LogP contribution in [0.3, 0.4) is 0 Å². The Balaban J connectivity index is 2.09. The Morgan fingerprint density at radius 3 is 3.07 bits per heavy atom. The molecule has 0 aromatic carbocycles. The molecule has 2 nitrogen and oxygen atoms in total. The van der Waals surface area contributed by atoms with Gasteiger partial charge in [0.15, 0.2) is 0 Å². The van der Waals surface area contributed by atoms with E-state index in [1.165, 1.54) is 0 Å². The van der Waals surface area contributed by atoms with Gasteiger partial charge in [-0.2, -0.15) is 0 Å². The molecule has 0 aromatic rings. The van der Waals surface area contributed by atoms with E-state index in [1.54, 1.807) is 12.2 Å². The van der Waals surface area contributed by atoms with E-state index in [-0.39, 0.29) is 17.7 Å². The predicted octanol–water partition coefficient (Wildman–Crippen LogP) is 2.67. The summed E-state index contributed by atoms with van der Waals surface area (Å²) in [5.41, 5.74) is 1.10. The quantitative estimate of drug-likeness (QED) is 0.700. The number of fused-ring (bicyclic) bond motifs is 1. The Morgan fingerprint density at radius 1 is 1.57 bits per heavy atom. The van der Waals surface area contributed by atoms with Crippen LogP contribution in [0.25, 0.3) is 0 Å². The van der Waals surface area contributed by atoms with E-state index >= 15 is 0 Å². The minimum absolute atomic E-state index is 0.162. The number of aliphatic carboxylic acids is 1. The van der Waals surface area contributed by atoms with Crippen molar-refractivity contribution in [3.63, 3.8) is 0 Å². The molecule has 2 unspecified atom stereocenters. The number of hydrogen-bond acceptors (Lipinski definition) is 1. The van der Waals surface area contributed by atoms with Gasteiger partial charge in [0, 0.05) is 0 Å². The van der Waals surface area contributed by atoms with Crippen LogP contribution < -0.4 is 0 Å². The van der Waals surface area contributed by atoms with E-state index in [1.807, 2.05) is 0 Å². The normalized spacial score (nSPS) is 31.5. The average molecular weight is 196 g/mol. The molecule has 0 amide bonds. The van der Waals surface area contributed by atoms with Gasteiger partial charge in [0.1, 0.15) is 5.83 Å². The second-order valence-corrected chi connectivity index (χ2v) is 4.05. The first-order chi connectivity index (χ1) is 6.66. The van der Waals surface area contributed by atoms with Crippen molar-refractivity contribution in [2.75, 3.05) is 0 Å². The minimum atomic E-state index is -0.709. The van der Waals surface area contributed by atoms with Gasteiger partial charge in [0.25, 0.3) is 0 Å². The first-order valence-corrected chi connectivity index (χ1v) is 4.95. The average Bonchev–Trinajstić information content (AvgIpc) is 2.16. The molecule has 0 aliphatic heterocycles. The second kappa shape index (κ2) is 3.56. The summed E-state index contributed by atoms with van der Waals surface area (Å²) >= 11 is 0. The van der Waals surface area contributed by atoms with Gasteiger partial charge >= 0.3 is 5.97 Å². The van der Waals surface area contributed by atoms with E-state index in [9.17, 15) is 9.18 Å². The van der Waals surface area contributed by atoms with Gasteiger partial charge in [-0.15, -0.1) is 0 Å². The highest BCUT2D eigenvalue weighted by Crippen LogP contribution is 2.39. The Bertz CT molecular complexity index is 317. The molecule has 76 valence electrons. The zero-order chi connectivity index (χ0) is 10.1. The van der Waals surface area contributed by atoms with Crippen molar-refractivity contribution in [2.24, 2.45) is 11.8 Å². The maximum absolute atomic E-state index is 12.9. The zero-order valence-corrected chi connectivity index (χ0v) is 7.87. The molecule has 2 aliphatic rings. The molecule has 2 atom stereocenters. The number of halogens is 1. The van der Waals surface area contributed by atoms with E-state index in [4.69, 9.17) is 5.11 Å². The summed E-state index contributed by atoms with van der Waals surface area (Å²) in [6, 6.07) is 0. The minimum Gasteiger partial charge on any atom is -0.481 e. The standard InChI is InChI=1S/C11H13FO2/c12-10-4-3-7-5-9(11(13)14)2-1-8(7)6-10/h4,6-7,9H,1-3,5H2,(H,13,14).